The molecule has 154 valence electrons. The minimum absolute atomic E-state index is 0.281. The van der Waals surface area contributed by atoms with Crippen molar-refractivity contribution < 1.29 is 18.1 Å². The number of amides is 2. The van der Waals surface area contributed by atoms with Crippen LogP contribution in [0.1, 0.15) is 13.3 Å². The summed E-state index contributed by atoms with van der Waals surface area (Å²) in [5, 5.41) is 7.57. The molecule has 0 spiro atoms. The van der Waals surface area contributed by atoms with Crippen LogP contribution in [0.3, 0.4) is 0 Å². The molecule has 3 rings (SSSR count). The highest BCUT2D eigenvalue weighted by Gasteiger charge is 2.37. The Labute approximate surface area is 171 Å². The number of nitrogens with zero attached hydrogens (tertiary/aromatic N) is 2. The number of urea groups is 1. The highest BCUT2D eigenvalue weighted by molar-refractivity contribution is 6.60. The van der Waals surface area contributed by atoms with Crippen molar-refractivity contribution in [1.82, 2.24) is 15.3 Å². The van der Waals surface area contributed by atoms with Crippen molar-refractivity contribution in [2.24, 2.45) is 0 Å². The lowest BCUT2D eigenvalue weighted by atomic mass is 10.1. The first-order valence-corrected chi connectivity index (χ1v) is 11.5. The number of hydrogen-bond donors (Lipinski definition) is 2. The maximum Gasteiger partial charge on any atom is 0.500 e. The highest BCUT2D eigenvalue weighted by atomic mass is 28.4. The lowest BCUT2D eigenvalue weighted by Crippen LogP contribution is -2.44. The molecule has 1 aromatic carbocycles. The Bertz CT molecular complexity index is 981. The SMILES string of the molecule is CCO[Si](CCCNC(=O)Nc1cc2cccnc2c2ncccc12)(OC)OC. The molecule has 0 bridgehead atoms. The van der Waals surface area contributed by atoms with E-state index in [1.54, 1.807) is 26.6 Å². The normalized spacial score (nSPS) is 11.7. The molecule has 8 nitrogen and oxygen atoms in total. The average Bonchev–Trinajstić information content (AvgIpc) is 2.76. The summed E-state index contributed by atoms with van der Waals surface area (Å²) in [5.41, 5.74) is 2.26. The summed E-state index contributed by atoms with van der Waals surface area (Å²) in [6.45, 7) is 2.91. The predicted molar refractivity (Wildman–Crippen MR) is 115 cm³/mol. The average molecular weight is 415 g/mol. The molecule has 0 aliphatic carbocycles. The van der Waals surface area contributed by atoms with Crippen LogP contribution in [0.2, 0.25) is 6.04 Å². The fourth-order valence-electron chi connectivity index (χ4n) is 3.25. The van der Waals surface area contributed by atoms with Crippen LogP contribution < -0.4 is 10.6 Å². The van der Waals surface area contributed by atoms with Crippen LogP contribution >= 0.6 is 0 Å². The highest BCUT2D eigenvalue weighted by Crippen LogP contribution is 2.29. The maximum atomic E-state index is 12.4. The van der Waals surface area contributed by atoms with E-state index in [1.807, 2.05) is 37.3 Å². The van der Waals surface area contributed by atoms with Gasteiger partial charge in [-0.3, -0.25) is 9.97 Å². The van der Waals surface area contributed by atoms with E-state index in [9.17, 15) is 4.79 Å². The zero-order valence-corrected chi connectivity index (χ0v) is 17.9. The summed E-state index contributed by atoms with van der Waals surface area (Å²) in [6.07, 6.45) is 4.15. The Morgan fingerprint density at radius 2 is 1.83 bits per heavy atom. The summed E-state index contributed by atoms with van der Waals surface area (Å²) in [7, 11) is 0.550. The van der Waals surface area contributed by atoms with Crippen LogP contribution in [0.5, 0.6) is 0 Å². The van der Waals surface area contributed by atoms with Gasteiger partial charge in [-0.05, 0) is 37.6 Å². The molecule has 0 atom stereocenters. The predicted octanol–water partition coefficient (Wildman–Crippen LogP) is 3.56. The molecule has 0 unspecified atom stereocenters. The van der Waals surface area contributed by atoms with Crippen molar-refractivity contribution in [3.05, 3.63) is 42.7 Å². The van der Waals surface area contributed by atoms with Gasteiger partial charge in [0.2, 0.25) is 0 Å². The van der Waals surface area contributed by atoms with E-state index in [0.29, 0.717) is 31.3 Å². The van der Waals surface area contributed by atoms with Crippen molar-refractivity contribution in [2.75, 3.05) is 32.7 Å². The zero-order valence-electron chi connectivity index (χ0n) is 16.9. The molecule has 0 fully saturated rings. The second-order valence-corrected chi connectivity index (χ2v) is 9.38. The Morgan fingerprint density at radius 3 is 2.55 bits per heavy atom. The van der Waals surface area contributed by atoms with Gasteiger partial charge in [-0.25, -0.2) is 4.79 Å². The van der Waals surface area contributed by atoms with E-state index in [1.165, 1.54) is 0 Å². The van der Waals surface area contributed by atoms with Gasteiger partial charge in [0.05, 0.1) is 16.7 Å². The van der Waals surface area contributed by atoms with E-state index in [2.05, 4.69) is 20.6 Å². The monoisotopic (exact) mass is 414 g/mol. The summed E-state index contributed by atoms with van der Waals surface area (Å²) in [5.74, 6) is 0. The third kappa shape index (κ3) is 4.88. The lowest BCUT2D eigenvalue weighted by Gasteiger charge is -2.25. The molecule has 0 radical (unpaired) electrons. The number of aromatic nitrogens is 2. The van der Waals surface area contributed by atoms with Crippen molar-refractivity contribution >= 4 is 42.3 Å². The van der Waals surface area contributed by atoms with Gasteiger partial charge in [-0.2, -0.15) is 0 Å². The molecule has 2 aromatic heterocycles. The third-order valence-electron chi connectivity index (χ3n) is 4.64. The molecule has 9 heteroatoms. The number of benzene rings is 1. The molecule has 3 aromatic rings. The molecule has 0 saturated heterocycles. The topological polar surface area (TPSA) is 94.6 Å². The second kappa shape index (κ2) is 9.75. The quantitative estimate of drug-likeness (QED) is 0.316. The van der Waals surface area contributed by atoms with Crippen LogP contribution in [0.25, 0.3) is 21.8 Å². The van der Waals surface area contributed by atoms with Crippen molar-refractivity contribution in [3.63, 3.8) is 0 Å². The van der Waals surface area contributed by atoms with Gasteiger partial charge >= 0.3 is 14.8 Å². The van der Waals surface area contributed by atoms with Crippen molar-refractivity contribution in [2.45, 2.75) is 19.4 Å². The van der Waals surface area contributed by atoms with E-state index in [-0.39, 0.29) is 6.03 Å². The fraction of sp³-hybridized carbons (Fsp3) is 0.350. The molecular formula is C20H26N4O4Si. The van der Waals surface area contributed by atoms with E-state index >= 15 is 0 Å². The lowest BCUT2D eigenvalue weighted by molar-refractivity contribution is 0.103. The minimum atomic E-state index is -2.64. The van der Waals surface area contributed by atoms with Gasteiger partial charge in [0.15, 0.2) is 0 Å². The van der Waals surface area contributed by atoms with Crippen LogP contribution in [0.15, 0.2) is 42.7 Å². The Kier molecular flexibility index (Phi) is 7.10. The largest absolute Gasteiger partial charge is 0.500 e. The second-order valence-electron chi connectivity index (χ2n) is 6.41. The number of nitrogens with one attached hydrogen (secondary N) is 2. The fourth-order valence-corrected chi connectivity index (χ4v) is 5.26. The molecule has 2 heterocycles. The van der Waals surface area contributed by atoms with Crippen LogP contribution in [0.4, 0.5) is 10.5 Å². The summed E-state index contributed by atoms with van der Waals surface area (Å²) < 4.78 is 16.6. The molecule has 0 aliphatic rings. The van der Waals surface area contributed by atoms with Gasteiger partial charge in [0.25, 0.3) is 0 Å². The molecule has 2 N–H and O–H groups in total. The summed E-state index contributed by atoms with van der Waals surface area (Å²) in [6, 6.07) is 9.83. The zero-order chi connectivity index (χ0) is 20.7. The number of fused-ring (bicyclic) bond motifs is 3. The number of carbonyl (C=O) groups excluding carboxylic acids is 1. The molecule has 2 amide bonds. The first-order chi connectivity index (χ1) is 14.1. The number of pyridine rings is 2. The van der Waals surface area contributed by atoms with Crippen LogP contribution in [-0.4, -0.2) is 52.2 Å². The smallest absolute Gasteiger partial charge is 0.377 e. The number of anilines is 1. The Morgan fingerprint density at radius 1 is 1.10 bits per heavy atom. The first kappa shape index (κ1) is 21.1. The minimum Gasteiger partial charge on any atom is -0.377 e. The molecule has 0 aliphatic heterocycles. The van der Waals surface area contributed by atoms with E-state index in [4.69, 9.17) is 13.3 Å². The Balaban J connectivity index is 1.66. The van der Waals surface area contributed by atoms with Gasteiger partial charge in [-0.15, -0.1) is 0 Å². The first-order valence-electron chi connectivity index (χ1n) is 9.54. The number of carbonyl (C=O) groups is 1. The third-order valence-corrected chi connectivity index (χ3v) is 7.58. The van der Waals surface area contributed by atoms with Gasteiger partial charge in [0, 0.05) is 56.6 Å². The standard InChI is InChI=1S/C20H26N4O4Si/c1-4-28-29(26-2,27-3)13-7-12-23-20(25)24-17-14-15-8-5-10-21-18(15)19-16(17)9-6-11-22-19/h5-6,8-11,14H,4,7,12-13H2,1-3H3,(H2,23,24,25). The van der Waals surface area contributed by atoms with Gasteiger partial charge in [0.1, 0.15) is 0 Å². The summed E-state index contributed by atoms with van der Waals surface area (Å²) >= 11 is 0. The van der Waals surface area contributed by atoms with Gasteiger partial charge < -0.3 is 23.9 Å². The van der Waals surface area contributed by atoms with Crippen LogP contribution in [0, 0.1) is 0 Å². The Hall–Kier alpha value is -2.59. The van der Waals surface area contributed by atoms with E-state index in [0.717, 1.165) is 21.8 Å². The molecule has 29 heavy (non-hydrogen) atoms. The number of hydrogen-bond acceptors (Lipinski definition) is 6. The number of rotatable bonds is 9. The van der Waals surface area contributed by atoms with E-state index < -0.39 is 8.80 Å². The molecular weight excluding hydrogens is 388 g/mol. The summed E-state index contributed by atoms with van der Waals surface area (Å²) in [4.78, 5) is 21.3. The maximum absolute atomic E-state index is 12.4. The molecule has 0 saturated carbocycles. The van der Waals surface area contributed by atoms with Crippen LogP contribution in [-0.2, 0) is 13.3 Å². The van der Waals surface area contributed by atoms with Crippen molar-refractivity contribution in [3.8, 4) is 0 Å². The van der Waals surface area contributed by atoms with Crippen molar-refractivity contribution in [1.29, 1.82) is 0 Å². The van der Waals surface area contributed by atoms with Gasteiger partial charge in [-0.1, -0.05) is 6.07 Å².